The highest BCUT2D eigenvalue weighted by molar-refractivity contribution is 7.16. The maximum absolute atomic E-state index is 12.2. The second-order valence-electron chi connectivity index (χ2n) is 6.57. The summed E-state index contributed by atoms with van der Waals surface area (Å²) in [5.74, 6) is -0.714. The van der Waals surface area contributed by atoms with Crippen LogP contribution in [0.4, 0.5) is 0 Å². The van der Waals surface area contributed by atoms with Crippen LogP contribution in [-0.4, -0.2) is 48.7 Å². The predicted octanol–water partition coefficient (Wildman–Crippen LogP) is 3.61. The SMILES string of the molecule is C[C@@H]1CN(C(=O)COC(=O)/C=C/c2ccc(-c3ccccc3)s2)C[C@@H](C)O1. The van der Waals surface area contributed by atoms with Crippen LogP contribution in [0.25, 0.3) is 16.5 Å². The lowest BCUT2D eigenvalue weighted by Gasteiger charge is -2.35. The molecule has 0 saturated carbocycles. The van der Waals surface area contributed by atoms with Gasteiger partial charge in [0.25, 0.3) is 5.91 Å². The highest BCUT2D eigenvalue weighted by atomic mass is 32.1. The van der Waals surface area contributed by atoms with Crippen LogP contribution in [0.3, 0.4) is 0 Å². The Kier molecular flexibility index (Phi) is 6.42. The fourth-order valence-electron chi connectivity index (χ4n) is 3.00. The largest absolute Gasteiger partial charge is 0.452 e. The van der Waals surface area contributed by atoms with Crippen molar-refractivity contribution in [2.24, 2.45) is 0 Å². The Bertz CT molecular complexity index is 805. The molecule has 0 radical (unpaired) electrons. The number of rotatable bonds is 5. The van der Waals surface area contributed by atoms with Gasteiger partial charge in [0.1, 0.15) is 0 Å². The normalized spacial score (nSPS) is 20.0. The summed E-state index contributed by atoms with van der Waals surface area (Å²) >= 11 is 1.59. The van der Waals surface area contributed by atoms with Crippen molar-refractivity contribution in [1.29, 1.82) is 0 Å². The molecule has 3 rings (SSSR count). The Morgan fingerprint density at radius 3 is 2.56 bits per heavy atom. The minimum absolute atomic E-state index is 0.00839. The molecule has 6 heteroatoms. The van der Waals surface area contributed by atoms with E-state index in [1.165, 1.54) is 6.08 Å². The highest BCUT2D eigenvalue weighted by Gasteiger charge is 2.26. The van der Waals surface area contributed by atoms with Crippen LogP contribution in [0.15, 0.2) is 48.5 Å². The second-order valence-corrected chi connectivity index (χ2v) is 7.68. The van der Waals surface area contributed by atoms with Gasteiger partial charge in [-0.05, 0) is 37.6 Å². The van der Waals surface area contributed by atoms with E-state index in [1.54, 1.807) is 22.3 Å². The second kappa shape index (κ2) is 8.97. The molecule has 1 saturated heterocycles. The first-order valence-corrected chi connectivity index (χ1v) is 9.76. The molecule has 0 spiro atoms. The van der Waals surface area contributed by atoms with E-state index < -0.39 is 5.97 Å². The van der Waals surface area contributed by atoms with Crippen molar-refractivity contribution in [3.05, 3.63) is 53.4 Å². The van der Waals surface area contributed by atoms with Gasteiger partial charge in [-0.3, -0.25) is 4.79 Å². The van der Waals surface area contributed by atoms with Gasteiger partial charge in [-0.1, -0.05) is 30.3 Å². The Balaban J connectivity index is 1.49. The Morgan fingerprint density at radius 2 is 1.85 bits per heavy atom. The van der Waals surface area contributed by atoms with Gasteiger partial charge >= 0.3 is 5.97 Å². The van der Waals surface area contributed by atoms with E-state index in [1.807, 2.05) is 56.3 Å². The van der Waals surface area contributed by atoms with Gasteiger partial charge in [0.05, 0.1) is 12.2 Å². The number of carbonyl (C=O) groups excluding carboxylic acids is 2. The lowest BCUT2D eigenvalue weighted by Crippen LogP contribution is -2.49. The zero-order valence-electron chi connectivity index (χ0n) is 15.5. The third-order valence-electron chi connectivity index (χ3n) is 4.18. The topological polar surface area (TPSA) is 55.8 Å². The molecule has 2 atom stereocenters. The summed E-state index contributed by atoms with van der Waals surface area (Å²) in [6.07, 6.45) is 3.05. The zero-order valence-corrected chi connectivity index (χ0v) is 16.3. The molecule has 2 heterocycles. The zero-order chi connectivity index (χ0) is 19.2. The van der Waals surface area contributed by atoms with Crippen LogP contribution >= 0.6 is 11.3 Å². The van der Waals surface area contributed by atoms with E-state index in [-0.39, 0.29) is 24.7 Å². The number of hydrogen-bond acceptors (Lipinski definition) is 5. The molecule has 0 aliphatic carbocycles. The quantitative estimate of drug-likeness (QED) is 0.583. The predicted molar refractivity (Wildman–Crippen MR) is 106 cm³/mol. The van der Waals surface area contributed by atoms with E-state index >= 15 is 0 Å². The summed E-state index contributed by atoms with van der Waals surface area (Å²) in [5, 5.41) is 0. The number of nitrogens with zero attached hydrogens (tertiary/aromatic N) is 1. The first-order valence-electron chi connectivity index (χ1n) is 8.94. The minimum atomic E-state index is -0.521. The molecule has 1 aliphatic rings. The van der Waals surface area contributed by atoms with Crippen molar-refractivity contribution in [3.8, 4) is 10.4 Å². The molecular weight excluding hydrogens is 362 g/mol. The third kappa shape index (κ3) is 5.52. The van der Waals surface area contributed by atoms with Crippen molar-refractivity contribution in [3.63, 3.8) is 0 Å². The van der Waals surface area contributed by atoms with Gasteiger partial charge in [-0.25, -0.2) is 4.79 Å². The average Bonchev–Trinajstić information content (AvgIpc) is 3.13. The van der Waals surface area contributed by atoms with Crippen molar-refractivity contribution >= 4 is 29.3 Å². The molecule has 1 amide bonds. The molecule has 142 valence electrons. The number of thiophene rings is 1. The van der Waals surface area contributed by atoms with E-state index in [4.69, 9.17) is 9.47 Å². The number of esters is 1. The monoisotopic (exact) mass is 385 g/mol. The number of benzene rings is 1. The number of hydrogen-bond donors (Lipinski definition) is 0. The fraction of sp³-hybridized carbons (Fsp3) is 0.333. The first-order chi connectivity index (χ1) is 13.0. The van der Waals surface area contributed by atoms with E-state index in [2.05, 4.69) is 0 Å². The molecule has 1 fully saturated rings. The summed E-state index contributed by atoms with van der Waals surface area (Å²) < 4.78 is 10.7. The average molecular weight is 385 g/mol. The number of morpholine rings is 1. The van der Waals surface area contributed by atoms with Gasteiger partial charge < -0.3 is 14.4 Å². The fourth-order valence-corrected chi connectivity index (χ4v) is 3.92. The lowest BCUT2D eigenvalue weighted by atomic mass is 10.2. The molecule has 1 aromatic carbocycles. The molecule has 0 bridgehead atoms. The van der Waals surface area contributed by atoms with Crippen LogP contribution in [0.5, 0.6) is 0 Å². The molecule has 1 aliphatic heterocycles. The van der Waals surface area contributed by atoms with Gasteiger partial charge in [-0.15, -0.1) is 11.3 Å². The van der Waals surface area contributed by atoms with E-state index in [0.717, 1.165) is 15.3 Å². The van der Waals surface area contributed by atoms with Crippen molar-refractivity contribution in [1.82, 2.24) is 4.90 Å². The van der Waals surface area contributed by atoms with Crippen LogP contribution < -0.4 is 0 Å². The first kappa shape index (κ1) is 19.3. The molecular formula is C21H23NO4S. The van der Waals surface area contributed by atoms with E-state index in [9.17, 15) is 9.59 Å². The molecule has 2 aromatic rings. The summed E-state index contributed by atoms with van der Waals surface area (Å²) in [4.78, 5) is 27.9. The summed E-state index contributed by atoms with van der Waals surface area (Å²) in [7, 11) is 0. The van der Waals surface area contributed by atoms with Gasteiger partial charge in [0.15, 0.2) is 6.61 Å². The van der Waals surface area contributed by atoms with Crippen LogP contribution in [-0.2, 0) is 19.1 Å². The molecule has 27 heavy (non-hydrogen) atoms. The standard InChI is InChI=1S/C21H23NO4S/c1-15-12-22(13-16(2)26-15)20(23)14-25-21(24)11-9-18-8-10-19(27-18)17-6-4-3-5-7-17/h3-11,15-16H,12-14H2,1-2H3/b11-9+/t15-,16-/m1/s1. The van der Waals surface area contributed by atoms with Gasteiger partial charge in [0, 0.05) is 28.9 Å². The number of amides is 1. The summed E-state index contributed by atoms with van der Waals surface area (Å²) in [6.45, 7) is 4.65. The molecule has 1 aromatic heterocycles. The Labute approximate surface area is 163 Å². The maximum atomic E-state index is 12.2. The summed E-state index contributed by atoms with van der Waals surface area (Å²) in [5.41, 5.74) is 1.14. The van der Waals surface area contributed by atoms with Crippen LogP contribution in [0.2, 0.25) is 0 Å². The highest BCUT2D eigenvalue weighted by Crippen LogP contribution is 2.28. The Morgan fingerprint density at radius 1 is 1.15 bits per heavy atom. The minimum Gasteiger partial charge on any atom is -0.452 e. The number of carbonyl (C=O) groups is 2. The Hall–Kier alpha value is -2.44. The third-order valence-corrected chi connectivity index (χ3v) is 5.28. The smallest absolute Gasteiger partial charge is 0.331 e. The van der Waals surface area contributed by atoms with Gasteiger partial charge in [0.2, 0.25) is 0 Å². The van der Waals surface area contributed by atoms with E-state index in [0.29, 0.717) is 13.1 Å². The van der Waals surface area contributed by atoms with Crippen molar-refractivity contribution in [2.75, 3.05) is 19.7 Å². The summed E-state index contributed by atoms with van der Waals surface area (Å²) in [6, 6.07) is 14.0. The molecule has 5 nitrogen and oxygen atoms in total. The van der Waals surface area contributed by atoms with Crippen LogP contribution in [0.1, 0.15) is 18.7 Å². The maximum Gasteiger partial charge on any atom is 0.331 e. The molecule has 0 unspecified atom stereocenters. The van der Waals surface area contributed by atoms with Crippen molar-refractivity contribution in [2.45, 2.75) is 26.1 Å². The molecule has 0 N–H and O–H groups in total. The number of ether oxygens (including phenoxy) is 2. The van der Waals surface area contributed by atoms with Crippen molar-refractivity contribution < 1.29 is 19.1 Å². The van der Waals surface area contributed by atoms with Gasteiger partial charge in [-0.2, -0.15) is 0 Å². The van der Waals surface area contributed by atoms with Crippen LogP contribution in [0, 0.1) is 0 Å². The lowest BCUT2D eigenvalue weighted by molar-refractivity contribution is -0.154.